The Morgan fingerprint density at radius 2 is 1.79 bits per heavy atom. The van der Waals surface area contributed by atoms with E-state index in [-0.39, 0.29) is 6.73 Å². The van der Waals surface area contributed by atoms with Gasteiger partial charge in [-0.05, 0) is 55.0 Å². The molecule has 0 amide bonds. The maximum atomic E-state index is 9.49. The topological polar surface area (TPSA) is 52.2 Å². The molecule has 3 aromatic rings. The van der Waals surface area contributed by atoms with Crippen LogP contribution in [0.1, 0.15) is 13.3 Å². The van der Waals surface area contributed by atoms with Crippen LogP contribution in [0.15, 0.2) is 54.6 Å². The van der Waals surface area contributed by atoms with Crippen molar-refractivity contribution < 1.29 is 9.84 Å². The number of benzene rings is 2. The average molecular weight is 341 g/mol. The van der Waals surface area contributed by atoms with Crippen molar-refractivity contribution in [2.75, 3.05) is 6.61 Å². The Hall–Kier alpha value is -2.44. The summed E-state index contributed by atoms with van der Waals surface area (Å²) in [5.41, 5.74) is 1.81. The Morgan fingerprint density at radius 3 is 2.42 bits per heavy atom. The molecule has 0 aliphatic heterocycles. The van der Waals surface area contributed by atoms with Crippen LogP contribution >= 0.6 is 12.2 Å². The Kier molecular flexibility index (Phi) is 5.08. The van der Waals surface area contributed by atoms with Crippen LogP contribution in [0, 0.1) is 4.77 Å². The van der Waals surface area contributed by atoms with Gasteiger partial charge in [0.05, 0.1) is 6.61 Å². The van der Waals surface area contributed by atoms with E-state index in [0.29, 0.717) is 17.2 Å². The molecule has 5 nitrogen and oxygen atoms in total. The SMILES string of the molecule is CCCOc1ccc(-c2nn(CO)c(=S)n2-c2ccccc2)cc1. The smallest absolute Gasteiger partial charge is 0.205 e. The highest BCUT2D eigenvalue weighted by atomic mass is 32.1. The zero-order valence-corrected chi connectivity index (χ0v) is 14.2. The first kappa shape index (κ1) is 16.4. The summed E-state index contributed by atoms with van der Waals surface area (Å²) in [5.74, 6) is 1.51. The lowest BCUT2D eigenvalue weighted by Gasteiger charge is -2.08. The lowest BCUT2D eigenvalue weighted by Crippen LogP contribution is -2.00. The van der Waals surface area contributed by atoms with Crippen LogP contribution < -0.4 is 4.74 Å². The van der Waals surface area contributed by atoms with E-state index in [2.05, 4.69) is 12.0 Å². The molecule has 0 spiro atoms. The zero-order chi connectivity index (χ0) is 16.9. The van der Waals surface area contributed by atoms with Crippen LogP contribution in [-0.4, -0.2) is 26.1 Å². The van der Waals surface area contributed by atoms with Crippen LogP contribution in [0.5, 0.6) is 5.75 Å². The largest absolute Gasteiger partial charge is 0.494 e. The van der Waals surface area contributed by atoms with Gasteiger partial charge in [0.2, 0.25) is 4.77 Å². The lowest BCUT2D eigenvalue weighted by molar-refractivity contribution is 0.193. The second kappa shape index (κ2) is 7.42. The molecule has 0 aliphatic rings. The van der Waals surface area contributed by atoms with Crippen LogP contribution in [0.2, 0.25) is 0 Å². The van der Waals surface area contributed by atoms with Gasteiger partial charge in [0.15, 0.2) is 5.82 Å². The van der Waals surface area contributed by atoms with Crippen molar-refractivity contribution in [1.82, 2.24) is 14.3 Å². The fourth-order valence-electron chi connectivity index (χ4n) is 2.42. The number of hydrogen-bond acceptors (Lipinski definition) is 4. The van der Waals surface area contributed by atoms with Crippen molar-refractivity contribution in [3.05, 3.63) is 59.4 Å². The third-order valence-corrected chi connectivity index (χ3v) is 3.97. The predicted molar refractivity (Wildman–Crippen MR) is 95.8 cm³/mol. The van der Waals surface area contributed by atoms with E-state index < -0.39 is 0 Å². The van der Waals surface area contributed by atoms with Crippen LogP contribution in [0.4, 0.5) is 0 Å². The van der Waals surface area contributed by atoms with E-state index >= 15 is 0 Å². The van der Waals surface area contributed by atoms with E-state index in [1.165, 1.54) is 4.68 Å². The Labute approximate surface area is 145 Å². The number of ether oxygens (including phenoxy) is 1. The van der Waals surface area contributed by atoms with Gasteiger partial charge < -0.3 is 9.84 Å². The van der Waals surface area contributed by atoms with Crippen molar-refractivity contribution in [1.29, 1.82) is 0 Å². The fraction of sp³-hybridized carbons (Fsp3) is 0.222. The van der Waals surface area contributed by atoms with Gasteiger partial charge in [-0.2, -0.15) is 0 Å². The van der Waals surface area contributed by atoms with E-state index in [0.717, 1.165) is 23.4 Å². The molecule has 124 valence electrons. The number of hydrogen-bond donors (Lipinski definition) is 1. The van der Waals surface area contributed by atoms with Gasteiger partial charge in [0.1, 0.15) is 12.5 Å². The van der Waals surface area contributed by atoms with Crippen molar-refractivity contribution in [2.24, 2.45) is 0 Å². The molecule has 1 aromatic heterocycles. The van der Waals surface area contributed by atoms with Crippen LogP contribution in [-0.2, 0) is 6.73 Å². The summed E-state index contributed by atoms with van der Waals surface area (Å²) in [6, 6.07) is 17.5. The lowest BCUT2D eigenvalue weighted by atomic mass is 10.2. The highest BCUT2D eigenvalue weighted by Crippen LogP contribution is 2.24. The number of aromatic nitrogens is 3. The fourth-order valence-corrected chi connectivity index (χ4v) is 2.71. The standard InChI is InChI=1S/C18H19N3O2S/c1-2-12-23-16-10-8-14(9-11-16)17-19-20(13-22)18(24)21(17)15-6-4-3-5-7-15/h3-11,22H,2,12-13H2,1H3. The van der Waals surface area contributed by atoms with E-state index in [4.69, 9.17) is 17.0 Å². The molecule has 3 rings (SSSR count). The molecule has 0 atom stereocenters. The van der Waals surface area contributed by atoms with Gasteiger partial charge in [0.25, 0.3) is 0 Å². The predicted octanol–water partition coefficient (Wildman–Crippen LogP) is 3.81. The minimum Gasteiger partial charge on any atom is -0.494 e. The highest BCUT2D eigenvalue weighted by Gasteiger charge is 2.14. The molecule has 0 radical (unpaired) electrons. The zero-order valence-electron chi connectivity index (χ0n) is 13.4. The quantitative estimate of drug-likeness (QED) is 0.693. The summed E-state index contributed by atoms with van der Waals surface area (Å²) in [5, 5.41) is 13.9. The van der Waals surface area contributed by atoms with Crippen LogP contribution in [0.25, 0.3) is 17.1 Å². The van der Waals surface area contributed by atoms with Gasteiger partial charge >= 0.3 is 0 Å². The molecule has 0 unspecified atom stereocenters. The normalized spacial score (nSPS) is 10.8. The van der Waals surface area contributed by atoms with Crippen molar-refractivity contribution >= 4 is 12.2 Å². The summed E-state index contributed by atoms with van der Waals surface area (Å²) in [6.45, 7) is 2.51. The minimum absolute atomic E-state index is 0.261. The molecule has 1 heterocycles. The average Bonchev–Trinajstić information content (AvgIpc) is 2.97. The summed E-state index contributed by atoms with van der Waals surface area (Å²) in [7, 11) is 0. The number of aliphatic hydroxyl groups excluding tert-OH is 1. The van der Waals surface area contributed by atoms with Gasteiger partial charge in [-0.3, -0.25) is 4.57 Å². The number of rotatable bonds is 6. The summed E-state index contributed by atoms with van der Waals surface area (Å²) in [6.07, 6.45) is 0.968. The highest BCUT2D eigenvalue weighted by molar-refractivity contribution is 7.71. The maximum Gasteiger partial charge on any atom is 0.205 e. The van der Waals surface area contributed by atoms with Gasteiger partial charge in [-0.25, -0.2) is 4.68 Å². The molecule has 0 fully saturated rings. The Morgan fingerprint density at radius 1 is 1.08 bits per heavy atom. The molecule has 0 aliphatic carbocycles. The van der Waals surface area contributed by atoms with Crippen molar-refractivity contribution in [2.45, 2.75) is 20.1 Å². The molecule has 0 saturated carbocycles. The number of aliphatic hydroxyl groups is 1. The summed E-state index contributed by atoms with van der Waals surface area (Å²) < 4.78 is 9.32. The molecule has 24 heavy (non-hydrogen) atoms. The van der Waals surface area contributed by atoms with E-state index in [1.807, 2.05) is 59.2 Å². The molecule has 0 bridgehead atoms. The van der Waals surface area contributed by atoms with Crippen molar-refractivity contribution in [3.63, 3.8) is 0 Å². The maximum absolute atomic E-state index is 9.49. The third kappa shape index (κ3) is 3.25. The molecular weight excluding hydrogens is 322 g/mol. The van der Waals surface area contributed by atoms with Gasteiger partial charge in [0, 0.05) is 11.3 Å². The van der Waals surface area contributed by atoms with Gasteiger partial charge in [-0.1, -0.05) is 25.1 Å². The molecular formula is C18H19N3O2S. The van der Waals surface area contributed by atoms with E-state index in [1.54, 1.807) is 0 Å². The summed E-state index contributed by atoms with van der Waals surface area (Å²) in [4.78, 5) is 0. The monoisotopic (exact) mass is 341 g/mol. The second-order valence-corrected chi connectivity index (χ2v) is 5.66. The first-order chi connectivity index (χ1) is 11.7. The minimum atomic E-state index is -0.261. The van der Waals surface area contributed by atoms with E-state index in [9.17, 15) is 5.11 Å². The first-order valence-electron chi connectivity index (χ1n) is 7.84. The Balaban J connectivity index is 2.06. The van der Waals surface area contributed by atoms with Crippen LogP contribution in [0.3, 0.4) is 0 Å². The van der Waals surface area contributed by atoms with Crippen molar-refractivity contribution in [3.8, 4) is 22.8 Å². The summed E-state index contributed by atoms with van der Waals surface area (Å²) >= 11 is 5.46. The molecule has 6 heteroatoms. The molecule has 0 saturated heterocycles. The second-order valence-electron chi connectivity index (χ2n) is 5.29. The molecule has 1 N–H and O–H groups in total. The first-order valence-corrected chi connectivity index (χ1v) is 8.24. The van der Waals surface area contributed by atoms with Gasteiger partial charge in [-0.15, -0.1) is 5.10 Å². The number of nitrogens with zero attached hydrogens (tertiary/aromatic N) is 3. The Bertz CT molecular complexity index is 854. The number of para-hydroxylation sites is 1. The third-order valence-electron chi connectivity index (χ3n) is 3.57. The molecule has 2 aromatic carbocycles.